The van der Waals surface area contributed by atoms with E-state index in [1.807, 2.05) is 13.8 Å². The summed E-state index contributed by atoms with van der Waals surface area (Å²) in [6, 6.07) is 0. The number of hydrogen-bond donors (Lipinski definition) is 1. The van der Waals surface area contributed by atoms with Crippen LogP contribution in [0.2, 0.25) is 0 Å². The van der Waals surface area contributed by atoms with E-state index in [0.717, 1.165) is 0 Å². The largest absolute Gasteiger partial charge is 0.380 e. The smallest absolute Gasteiger partial charge is 0.191 e. The van der Waals surface area contributed by atoms with E-state index in [4.69, 9.17) is 23.7 Å². The molecule has 0 saturated carbocycles. The van der Waals surface area contributed by atoms with Crippen molar-refractivity contribution in [3.63, 3.8) is 0 Å². The predicted octanol–water partition coefficient (Wildman–Crippen LogP) is 0.931. The molecule has 0 amide bonds. The highest BCUT2D eigenvalue weighted by molar-refractivity contribution is 5.16. The van der Waals surface area contributed by atoms with Crippen LogP contribution in [0.3, 0.4) is 0 Å². The highest BCUT2D eigenvalue weighted by atomic mass is 16.8. The molecule has 0 radical (unpaired) electrons. The summed E-state index contributed by atoms with van der Waals surface area (Å²) < 4.78 is 28.6. The minimum atomic E-state index is -1.37. The van der Waals surface area contributed by atoms with Crippen molar-refractivity contribution < 1.29 is 28.8 Å². The molecular weight excluding hydrogens is 264 g/mol. The predicted molar refractivity (Wildman–Crippen MR) is 68.7 cm³/mol. The van der Waals surface area contributed by atoms with Crippen molar-refractivity contribution in [1.82, 2.24) is 0 Å². The maximum absolute atomic E-state index is 10.9. The van der Waals surface area contributed by atoms with Gasteiger partial charge in [-0.25, -0.2) is 0 Å². The van der Waals surface area contributed by atoms with Gasteiger partial charge in [-0.2, -0.15) is 0 Å². The van der Waals surface area contributed by atoms with Crippen LogP contribution in [-0.4, -0.2) is 53.5 Å². The number of hydrogen-bond acceptors (Lipinski definition) is 6. The van der Waals surface area contributed by atoms with Gasteiger partial charge in [-0.1, -0.05) is 6.08 Å². The molecule has 0 aromatic carbocycles. The van der Waals surface area contributed by atoms with Crippen molar-refractivity contribution in [2.24, 2.45) is 0 Å². The first-order valence-electron chi connectivity index (χ1n) is 6.86. The third kappa shape index (κ3) is 2.11. The second kappa shape index (κ2) is 4.25. The van der Waals surface area contributed by atoms with E-state index in [0.29, 0.717) is 6.61 Å². The van der Waals surface area contributed by atoms with Gasteiger partial charge in [-0.05, 0) is 27.7 Å². The number of aliphatic hydroxyl groups is 1. The van der Waals surface area contributed by atoms with Crippen LogP contribution in [0.4, 0.5) is 0 Å². The maximum Gasteiger partial charge on any atom is 0.191 e. The van der Waals surface area contributed by atoms with Crippen LogP contribution in [0, 0.1) is 0 Å². The summed E-state index contributed by atoms with van der Waals surface area (Å²) >= 11 is 0. The molecule has 3 heterocycles. The van der Waals surface area contributed by atoms with Crippen molar-refractivity contribution in [3.8, 4) is 0 Å². The minimum Gasteiger partial charge on any atom is -0.380 e. The van der Waals surface area contributed by atoms with Crippen LogP contribution < -0.4 is 0 Å². The topological polar surface area (TPSA) is 66.4 Å². The quantitative estimate of drug-likeness (QED) is 0.762. The summed E-state index contributed by atoms with van der Waals surface area (Å²) in [4.78, 5) is 0. The molecule has 1 N–H and O–H groups in total. The average Bonchev–Trinajstić information content (AvgIpc) is 2.91. The zero-order chi connectivity index (χ0) is 14.8. The number of fused-ring (bicyclic) bond motifs is 1. The standard InChI is InChI=1S/C14H22O6/c1-6-14(15)9(8-7-16-12(2,3)18-8)17-11-10(14)19-13(4,5)20-11/h6,8-11,15H,1,7H2,2-5H3/t8?,9?,10-,11+,14+/m0/s1. The molecule has 0 bridgehead atoms. The molecule has 20 heavy (non-hydrogen) atoms. The molecule has 3 fully saturated rings. The Labute approximate surface area is 118 Å². The molecule has 3 rings (SSSR count). The summed E-state index contributed by atoms with van der Waals surface area (Å²) in [6.45, 7) is 11.3. The molecule has 114 valence electrons. The molecule has 2 unspecified atom stereocenters. The first-order valence-corrected chi connectivity index (χ1v) is 6.86. The van der Waals surface area contributed by atoms with Crippen molar-refractivity contribution in [2.75, 3.05) is 6.61 Å². The lowest BCUT2D eigenvalue weighted by Crippen LogP contribution is -2.52. The van der Waals surface area contributed by atoms with Crippen molar-refractivity contribution >= 4 is 0 Å². The van der Waals surface area contributed by atoms with Gasteiger partial charge in [-0.3, -0.25) is 0 Å². The Morgan fingerprint density at radius 2 is 1.75 bits per heavy atom. The molecule has 6 nitrogen and oxygen atoms in total. The van der Waals surface area contributed by atoms with E-state index in [9.17, 15) is 5.11 Å². The van der Waals surface area contributed by atoms with Gasteiger partial charge < -0.3 is 28.8 Å². The van der Waals surface area contributed by atoms with Gasteiger partial charge in [0.25, 0.3) is 0 Å². The molecule has 0 aromatic heterocycles. The fourth-order valence-corrected chi connectivity index (χ4v) is 3.04. The first-order chi connectivity index (χ1) is 9.17. The van der Waals surface area contributed by atoms with Crippen LogP contribution >= 0.6 is 0 Å². The number of ether oxygens (including phenoxy) is 5. The van der Waals surface area contributed by atoms with E-state index in [1.165, 1.54) is 6.08 Å². The van der Waals surface area contributed by atoms with Crippen molar-refractivity contribution in [3.05, 3.63) is 12.7 Å². The Hall–Kier alpha value is -0.500. The maximum atomic E-state index is 10.9. The van der Waals surface area contributed by atoms with E-state index < -0.39 is 41.8 Å². The fourth-order valence-electron chi connectivity index (χ4n) is 3.04. The Balaban J connectivity index is 1.83. The molecule has 5 atom stereocenters. The number of rotatable bonds is 2. The summed E-state index contributed by atoms with van der Waals surface area (Å²) in [5.74, 6) is -1.47. The van der Waals surface area contributed by atoms with E-state index in [-0.39, 0.29) is 0 Å². The molecule has 0 aromatic rings. The first kappa shape index (κ1) is 14.4. The highest BCUT2D eigenvalue weighted by Gasteiger charge is 2.64. The molecular formula is C14H22O6. The lowest BCUT2D eigenvalue weighted by Gasteiger charge is -2.33. The Morgan fingerprint density at radius 1 is 1.05 bits per heavy atom. The zero-order valence-corrected chi connectivity index (χ0v) is 12.3. The zero-order valence-electron chi connectivity index (χ0n) is 12.3. The van der Waals surface area contributed by atoms with Gasteiger partial charge in [-0.15, -0.1) is 6.58 Å². The Bertz CT molecular complexity index is 420. The lowest BCUT2D eigenvalue weighted by molar-refractivity contribution is -0.241. The van der Waals surface area contributed by atoms with E-state index in [1.54, 1.807) is 13.8 Å². The SMILES string of the molecule is C=C[C@@]1(O)C(C2COC(C)(C)O2)O[C@@H]2OC(C)(C)O[C@@H]21. The average molecular weight is 286 g/mol. The van der Waals surface area contributed by atoms with Gasteiger partial charge in [0, 0.05) is 0 Å². The summed E-state index contributed by atoms with van der Waals surface area (Å²) in [6.07, 6.45) is -0.832. The fraction of sp³-hybridized carbons (Fsp3) is 0.857. The van der Waals surface area contributed by atoms with Crippen LogP contribution in [0.25, 0.3) is 0 Å². The summed E-state index contributed by atoms with van der Waals surface area (Å²) in [7, 11) is 0. The van der Waals surface area contributed by atoms with E-state index >= 15 is 0 Å². The lowest BCUT2D eigenvalue weighted by atomic mass is 9.89. The molecule has 0 aliphatic carbocycles. The highest BCUT2D eigenvalue weighted by Crippen LogP contribution is 2.46. The van der Waals surface area contributed by atoms with Crippen LogP contribution in [0.5, 0.6) is 0 Å². The Morgan fingerprint density at radius 3 is 2.30 bits per heavy atom. The molecule has 0 spiro atoms. The van der Waals surface area contributed by atoms with Gasteiger partial charge >= 0.3 is 0 Å². The molecule has 3 saturated heterocycles. The van der Waals surface area contributed by atoms with Gasteiger partial charge in [0.1, 0.15) is 23.9 Å². The second-order valence-electron chi connectivity index (χ2n) is 6.44. The second-order valence-corrected chi connectivity index (χ2v) is 6.44. The van der Waals surface area contributed by atoms with Crippen molar-refractivity contribution in [2.45, 2.75) is 69.5 Å². The van der Waals surface area contributed by atoms with Crippen molar-refractivity contribution in [1.29, 1.82) is 0 Å². The third-order valence-electron chi connectivity index (χ3n) is 3.95. The van der Waals surface area contributed by atoms with Crippen LogP contribution in [-0.2, 0) is 23.7 Å². The summed E-state index contributed by atoms with van der Waals surface area (Å²) in [5, 5.41) is 10.9. The molecule has 3 aliphatic heterocycles. The van der Waals surface area contributed by atoms with E-state index in [2.05, 4.69) is 6.58 Å². The molecule has 3 aliphatic rings. The Kier molecular flexibility index (Phi) is 3.07. The van der Waals surface area contributed by atoms with Crippen LogP contribution in [0.15, 0.2) is 12.7 Å². The van der Waals surface area contributed by atoms with Gasteiger partial charge in [0.05, 0.1) is 6.61 Å². The summed E-state index contributed by atoms with van der Waals surface area (Å²) in [5.41, 5.74) is -1.37. The third-order valence-corrected chi connectivity index (χ3v) is 3.95. The van der Waals surface area contributed by atoms with Gasteiger partial charge in [0.2, 0.25) is 0 Å². The minimum absolute atomic E-state index is 0.344. The van der Waals surface area contributed by atoms with Crippen LogP contribution in [0.1, 0.15) is 27.7 Å². The van der Waals surface area contributed by atoms with Gasteiger partial charge in [0.15, 0.2) is 17.9 Å². The monoisotopic (exact) mass is 286 g/mol. The normalized spacial score (nSPS) is 49.2. The molecule has 6 heteroatoms.